The molecule has 1 heterocycles. The van der Waals surface area contributed by atoms with E-state index in [0.29, 0.717) is 6.54 Å². The van der Waals surface area contributed by atoms with Crippen molar-refractivity contribution < 1.29 is 17.9 Å². The Labute approximate surface area is 118 Å². The molecule has 1 aromatic rings. The first-order chi connectivity index (χ1) is 9.30. The van der Waals surface area contributed by atoms with Crippen molar-refractivity contribution in [2.45, 2.75) is 13.3 Å². The van der Waals surface area contributed by atoms with Crippen molar-refractivity contribution in [1.82, 2.24) is 0 Å². The lowest BCUT2D eigenvalue weighted by Gasteiger charge is -2.19. The molecule has 20 heavy (non-hydrogen) atoms. The number of sulfonamides is 1. The molecule has 0 bridgehead atoms. The van der Waals surface area contributed by atoms with Gasteiger partial charge in [-0.1, -0.05) is 0 Å². The van der Waals surface area contributed by atoms with Crippen LogP contribution in [0.25, 0.3) is 0 Å². The highest BCUT2D eigenvalue weighted by molar-refractivity contribution is 7.89. The third-order valence-electron chi connectivity index (χ3n) is 3.37. The second-order valence-electron chi connectivity index (χ2n) is 5.06. The standard InChI is InChI=1S/C13H18N2O4S/c1-9-5-11(19-2)3-4-12(9)15-7-10(6-13(15)16)8-20(14,17)18/h3-5,10H,6-8H2,1-2H3,(H2,14,17,18). The van der Waals surface area contributed by atoms with Crippen LogP contribution in [0.5, 0.6) is 5.75 Å². The van der Waals surface area contributed by atoms with Crippen LogP contribution in [0.2, 0.25) is 0 Å². The lowest BCUT2D eigenvalue weighted by molar-refractivity contribution is -0.117. The number of carbonyl (C=O) groups is 1. The molecule has 0 spiro atoms. The number of hydrogen-bond donors (Lipinski definition) is 1. The summed E-state index contributed by atoms with van der Waals surface area (Å²) >= 11 is 0. The van der Waals surface area contributed by atoms with Gasteiger partial charge in [-0.05, 0) is 30.7 Å². The fourth-order valence-corrected chi connectivity index (χ4v) is 3.39. The minimum atomic E-state index is -3.56. The number of primary sulfonamides is 1. The lowest BCUT2D eigenvalue weighted by atomic mass is 10.1. The molecule has 7 heteroatoms. The highest BCUT2D eigenvalue weighted by atomic mass is 32.2. The highest BCUT2D eigenvalue weighted by Crippen LogP contribution is 2.30. The van der Waals surface area contributed by atoms with E-state index in [2.05, 4.69) is 0 Å². The van der Waals surface area contributed by atoms with Gasteiger partial charge < -0.3 is 9.64 Å². The highest BCUT2D eigenvalue weighted by Gasteiger charge is 2.33. The lowest BCUT2D eigenvalue weighted by Crippen LogP contribution is -2.27. The normalized spacial score (nSPS) is 19.4. The summed E-state index contributed by atoms with van der Waals surface area (Å²) in [7, 11) is -1.98. The van der Waals surface area contributed by atoms with Crippen molar-refractivity contribution in [3.8, 4) is 5.75 Å². The molecule has 0 radical (unpaired) electrons. The van der Waals surface area contributed by atoms with Crippen LogP contribution < -0.4 is 14.8 Å². The van der Waals surface area contributed by atoms with Gasteiger partial charge in [-0.2, -0.15) is 0 Å². The van der Waals surface area contributed by atoms with Gasteiger partial charge in [0.25, 0.3) is 0 Å². The molecule has 1 saturated heterocycles. The number of anilines is 1. The van der Waals surface area contributed by atoms with Crippen LogP contribution in [0.4, 0.5) is 5.69 Å². The average Bonchev–Trinajstić information content (AvgIpc) is 2.67. The van der Waals surface area contributed by atoms with E-state index < -0.39 is 10.0 Å². The Bertz CT molecular complexity index is 627. The van der Waals surface area contributed by atoms with Gasteiger partial charge >= 0.3 is 0 Å². The Hall–Kier alpha value is -1.60. The summed E-state index contributed by atoms with van der Waals surface area (Å²) in [6.07, 6.45) is 0.210. The number of carbonyl (C=O) groups excluding carboxylic acids is 1. The number of benzene rings is 1. The number of nitrogens with two attached hydrogens (primary N) is 1. The summed E-state index contributed by atoms with van der Waals surface area (Å²) in [6.45, 7) is 2.26. The van der Waals surface area contributed by atoms with Crippen molar-refractivity contribution in [2.75, 3.05) is 24.3 Å². The molecule has 1 aromatic carbocycles. The minimum Gasteiger partial charge on any atom is -0.497 e. The smallest absolute Gasteiger partial charge is 0.227 e. The maximum Gasteiger partial charge on any atom is 0.227 e. The molecule has 6 nitrogen and oxygen atoms in total. The Morgan fingerprint density at radius 2 is 2.15 bits per heavy atom. The number of aryl methyl sites for hydroxylation is 1. The Morgan fingerprint density at radius 1 is 1.45 bits per heavy atom. The maximum absolute atomic E-state index is 12.0. The number of nitrogens with zero attached hydrogens (tertiary/aromatic N) is 1. The summed E-state index contributed by atoms with van der Waals surface area (Å²) in [5.74, 6) is 0.231. The van der Waals surface area contributed by atoms with Crippen molar-refractivity contribution in [3.05, 3.63) is 23.8 Å². The molecule has 2 rings (SSSR count). The molecule has 110 valence electrons. The van der Waals surface area contributed by atoms with E-state index in [1.165, 1.54) is 0 Å². The van der Waals surface area contributed by atoms with Gasteiger partial charge in [0.2, 0.25) is 15.9 Å². The molecule has 0 aliphatic carbocycles. The molecule has 1 aliphatic rings. The Kier molecular flexibility index (Phi) is 4.01. The second-order valence-corrected chi connectivity index (χ2v) is 6.72. The molecular weight excluding hydrogens is 280 g/mol. The van der Waals surface area contributed by atoms with Crippen LogP contribution in [0.1, 0.15) is 12.0 Å². The molecule has 0 aromatic heterocycles. The number of ether oxygens (including phenoxy) is 1. The summed E-state index contributed by atoms with van der Waals surface area (Å²) in [4.78, 5) is 13.7. The van der Waals surface area contributed by atoms with E-state index >= 15 is 0 Å². The van der Waals surface area contributed by atoms with E-state index in [4.69, 9.17) is 9.88 Å². The first kappa shape index (κ1) is 14.8. The summed E-state index contributed by atoms with van der Waals surface area (Å²) in [5, 5.41) is 5.04. The van der Waals surface area contributed by atoms with E-state index in [1.807, 2.05) is 19.1 Å². The molecule has 1 amide bonds. The SMILES string of the molecule is COc1ccc(N2CC(CS(N)(=O)=O)CC2=O)c(C)c1. The van der Waals surface area contributed by atoms with E-state index in [-0.39, 0.29) is 24.0 Å². The predicted molar refractivity (Wildman–Crippen MR) is 76.2 cm³/mol. The van der Waals surface area contributed by atoms with Gasteiger partial charge in [0.05, 0.1) is 12.9 Å². The van der Waals surface area contributed by atoms with Crippen molar-refractivity contribution in [2.24, 2.45) is 11.1 Å². The summed E-state index contributed by atoms with van der Waals surface area (Å²) in [5.41, 5.74) is 1.70. The molecule has 1 atom stereocenters. The number of methoxy groups -OCH3 is 1. The largest absolute Gasteiger partial charge is 0.497 e. The first-order valence-electron chi connectivity index (χ1n) is 6.25. The van der Waals surface area contributed by atoms with Gasteiger partial charge in [-0.15, -0.1) is 0 Å². The second kappa shape index (κ2) is 5.41. The van der Waals surface area contributed by atoms with Crippen molar-refractivity contribution >= 4 is 21.6 Å². The first-order valence-corrected chi connectivity index (χ1v) is 7.97. The third kappa shape index (κ3) is 3.29. The molecular formula is C13H18N2O4S. The van der Waals surface area contributed by atoms with Gasteiger partial charge in [0.1, 0.15) is 5.75 Å². The predicted octanol–water partition coefficient (Wildman–Crippen LogP) is 0.645. The number of amides is 1. The quantitative estimate of drug-likeness (QED) is 0.883. The number of hydrogen-bond acceptors (Lipinski definition) is 4. The fourth-order valence-electron chi connectivity index (χ4n) is 2.51. The van der Waals surface area contributed by atoms with Gasteiger partial charge in [-0.25, -0.2) is 13.6 Å². The van der Waals surface area contributed by atoms with E-state index in [1.54, 1.807) is 18.1 Å². The van der Waals surface area contributed by atoms with Crippen LogP contribution in [-0.4, -0.2) is 33.7 Å². The zero-order valence-corrected chi connectivity index (χ0v) is 12.3. The van der Waals surface area contributed by atoms with Crippen LogP contribution in [0.3, 0.4) is 0 Å². The van der Waals surface area contributed by atoms with Gasteiger partial charge in [-0.3, -0.25) is 4.79 Å². The van der Waals surface area contributed by atoms with E-state index in [0.717, 1.165) is 17.0 Å². The minimum absolute atomic E-state index is 0.0769. The molecule has 2 N–H and O–H groups in total. The monoisotopic (exact) mass is 298 g/mol. The number of rotatable bonds is 4. The zero-order valence-electron chi connectivity index (χ0n) is 11.5. The van der Waals surface area contributed by atoms with Crippen LogP contribution in [-0.2, 0) is 14.8 Å². The van der Waals surface area contributed by atoms with Gasteiger partial charge in [0, 0.05) is 24.6 Å². The van der Waals surface area contributed by atoms with Crippen molar-refractivity contribution in [1.29, 1.82) is 0 Å². The summed E-state index contributed by atoms with van der Waals surface area (Å²) in [6, 6.07) is 5.43. The molecule has 1 unspecified atom stereocenters. The average molecular weight is 298 g/mol. The van der Waals surface area contributed by atoms with Crippen LogP contribution in [0.15, 0.2) is 18.2 Å². The van der Waals surface area contributed by atoms with Crippen LogP contribution in [0, 0.1) is 12.8 Å². The Morgan fingerprint density at radius 3 is 2.70 bits per heavy atom. The van der Waals surface area contributed by atoms with Crippen LogP contribution >= 0.6 is 0 Å². The molecule has 0 saturated carbocycles. The van der Waals surface area contributed by atoms with Gasteiger partial charge in [0.15, 0.2) is 0 Å². The maximum atomic E-state index is 12.0. The van der Waals surface area contributed by atoms with E-state index in [9.17, 15) is 13.2 Å². The Balaban J connectivity index is 2.20. The molecule has 1 fully saturated rings. The topological polar surface area (TPSA) is 89.7 Å². The van der Waals surface area contributed by atoms with Crippen molar-refractivity contribution in [3.63, 3.8) is 0 Å². The zero-order chi connectivity index (χ0) is 14.9. The summed E-state index contributed by atoms with van der Waals surface area (Å²) < 4.78 is 27.4. The molecule has 1 aliphatic heterocycles. The third-order valence-corrected chi connectivity index (χ3v) is 4.30. The fraction of sp³-hybridized carbons (Fsp3) is 0.462.